The van der Waals surface area contributed by atoms with E-state index in [1.165, 1.54) is 0 Å². The number of aryl methyl sites for hydroxylation is 2. The number of benzene rings is 2. The normalized spacial score (nSPS) is 15.9. The van der Waals surface area contributed by atoms with Crippen LogP contribution in [0.25, 0.3) is 0 Å². The van der Waals surface area contributed by atoms with Gasteiger partial charge in [-0.05, 0) is 74.7 Å². The Bertz CT molecular complexity index is 1180. The van der Waals surface area contributed by atoms with E-state index in [0.29, 0.717) is 30.8 Å². The number of rotatable bonds is 5. The summed E-state index contributed by atoms with van der Waals surface area (Å²) in [5.74, 6) is 0.775. The van der Waals surface area contributed by atoms with Gasteiger partial charge in [0.2, 0.25) is 0 Å². The molecule has 1 N–H and O–H groups in total. The van der Waals surface area contributed by atoms with Crippen LogP contribution in [0.4, 0.5) is 0 Å². The molecule has 0 saturated carbocycles. The Morgan fingerprint density at radius 1 is 1.00 bits per heavy atom. The number of hydrogen-bond donors (Lipinski definition) is 1. The van der Waals surface area contributed by atoms with E-state index in [2.05, 4.69) is 4.98 Å². The molecule has 1 aliphatic rings. The van der Waals surface area contributed by atoms with Gasteiger partial charge in [-0.3, -0.25) is 14.4 Å². The lowest BCUT2D eigenvalue weighted by Crippen LogP contribution is -2.44. The maximum Gasteiger partial charge on any atom is 0.261 e. The first-order chi connectivity index (χ1) is 15.4. The summed E-state index contributed by atoms with van der Waals surface area (Å²) in [6, 6.07) is 18.2. The second-order valence-corrected chi connectivity index (χ2v) is 8.21. The third-order valence-electron chi connectivity index (χ3n) is 5.93. The summed E-state index contributed by atoms with van der Waals surface area (Å²) < 4.78 is 5.79. The zero-order valence-electron chi connectivity index (χ0n) is 18.3. The van der Waals surface area contributed by atoms with E-state index in [1.54, 1.807) is 42.2 Å². The van der Waals surface area contributed by atoms with Crippen molar-refractivity contribution in [1.82, 2.24) is 9.88 Å². The number of aromatic nitrogens is 1. The van der Waals surface area contributed by atoms with Crippen LogP contribution in [0, 0.1) is 19.8 Å². The predicted octanol–water partition coefficient (Wildman–Crippen LogP) is 4.52. The Morgan fingerprint density at radius 2 is 1.69 bits per heavy atom. The minimum Gasteiger partial charge on any atom is -0.457 e. The molecule has 32 heavy (non-hydrogen) atoms. The second-order valence-electron chi connectivity index (χ2n) is 8.21. The van der Waals surface area contributed by atoms with Crippen LogP contribution < -0.4 is 10.3 Å². The van der Waals surface area contributed by atoms with Crippen LogP contribution in [0.3, 0.4) is 0 Å². The van der Waals surface area contributed by atoms with Gasteiger partial charge in [-0.1, -0.05) is 18.2 Å². The van der Waals surface area contributed by atoms with Crippen molar-refractivity contribution in [2.75, 3.05) is 13.1 Å². The molecule has 6 nitrogen and oxygen atoms in total. The van der Waals surface area contributed by atoms with Gasteiger partial charge in [0, 0.05) is 30.3 Å². The minimum atomic E-state index is -0.388. The van der Waals surface area contributed by atoms with Crippen LogP contribution in [0.1, 0.15) is 44.8 Å². The van der Waals surface area contributed by atoms with Crippen molar-refractivity contribution >= 4 is 11.7 Å². The summed E-state index contributed by atoms with van der Waals surface area (Å²) in [7, 11) is 0. The molecule has 1 amide bonds. The molecular formula is C26H26N2O4. The highest BCUT2D eigenvalue weighted by Gasteiger charge is 2.30. The van der Waals surface area contributed by atoms with Gasteiger partial charge in [-0.2, -0.15) is 0 Å². The number of H-pyrrole nitrogens is 1. The van der Waals surface area contributed by atoms with Crippen molar-refractivity contribution in [1.29, 1.82) is 0 Å². The quantitative estimate of drug-likeness (QED) is 0.604. The summed E-state index contributed by atoms with van der Waals surface area (Å²) in [6.07, 6.45) is 1.44. The van der Waals surface area contributed by atoms with E-state index >= 15 is 0 Å². The summed E-state index contributed by atoms with van der Waals surface area (Å²) in [5.41, 5.74) is 1.94. The highest BCUT2D eigenvalue weighted by molar-refractivity contribution is 5.99. The van der Waals surface area contributed by atoms with E-state index in [1.807, 2.05) is 37.3 Å². The number of piperidine rings is 1. The molecule has 0 radical (unpaired) electrons. The lowest BCUT2D eigenvalue weighted by Gasteiger charge is -2.32. The van der Waals surface area contributed by atoms with E-state index < -0.39 is 0 Å². The first-order valence-corrected chi connectivity index (χ1v) is 10.8. The number of Topliss-reactive ketones (excluding diaryl/α,β-unsaturated/α-hetero) is 1. The van der Waals surface area contributed by atoms with Gasteiger partial charge >= 0.3 is 0 Å². The number of carbonyl (C=O) groups is 2. The SMILES string of the molecule is Cc1cc(C(=O)N2CCC[C@@H](C(=O)c3ccc(Oc4ccccc4)cc3)C2)c(=O)[nH]c1C. The van der Waals surface area contributed by atoms with Crippen molar-refractivity contribution in [3.63, 3.8) is 0 Å². The largest absolute Gasteiger partial charge is 0.457 e. The fourth-order valence-corrected chi connectivity index (χ4v) is 3.98. The van der Waals surface area contributed by atoms with Crippen molar-refractivity contribution in [2.45, 2.75) is 26.7 Å². The van der Waals surface area contributed by atoms with Crippen LogP contribution in [0.2, 0.25) is 0 Å². The standard InChI is InChI=1S/C26H26N2O4/c1-17-15-23(25(30)27-18(17)2)26(31)28-14-6-7-20(16-28)24(29)19-10-12-22(13-11-19)32-21-8-4-3-5-9-21/h3-5,8-13,15,20H,6-7,14,16H2,1-2H3,(H,27,30)/t20-/m1/s1. The fraction of sp³-hybridized carbons (Fsp3) is 0.269. The molecular weight excluding hydrogens is 404 g/mol. The molecule has 2 aromatic carbocycles. The molecule has 0 aliphatic carbocycles. The molecule has 1 atom stereocenters. The van der Waals surface area contributed by atoms with Crippen LogP contribution in [-0.2, 0) is 0 Å². The minimum absolute atomic E-state index is 0.00255. The summed E-state index contributed by atoms with van der Waals surface area (Å²) in [4.78, 5) is 42.7. The van der Waals surface area contributed by atoms with Crippen LogP contribution in [0.15, 0.2) is 65.5 Å². The maximum atomic E-state index is 13.1. The molecule has 1 aliphatic heterocycles. The number of amides is 1. The Morgan fingerprint density at radius 3 is 2.41 bits per heavy atom. The smallest absolute Gasteiger partial charge is 0.261 e. The van der Waals surface area contributed by atoms with Gasteiger partial charge in [0.15, 0.2) is 5.78 Å². The summed E-state index contributed by atoms with van der Waals surface area (Å²) in [6.45, 7) is 4.51. The Labute approximate surface area is 186 Å². The molecule has 0 spiro atoms. The molecule has 3 aromatic rings. The summed E-state index contributed by atoms with van der Waals surface area (Å²) in [5, 5.41) is 0. The van der Waals surface area contributed by atoms with Gasteiger partial charge in [0.25, 0.3) is 11.5 Å². The number of pyridine rings is 1. The van der Waals surface area contributed by atoms with E-state index in [0.717, 1.165) is 23.4 Å². The Hall–Kier alpha value is -3.67. The van der Waals surface area contributed by atoms with Crippen LogP contribution in [-0.4, -0.2) is 34.7 Å². The number of nitrogens with zero attached hydrogens (tertiary/aromatic N) is 1. The third kappa shape index (κ3) is 4.64. The number of nitrogens with one attached hydrogen (secondary N) is 1. The molecule has 6 heteroatoms. The number of ether oxygens (including phenoxy) is 1. The lowest BCUT2D eigenvalue weighted by molar-refractivity contribution is 0.0635. The molecule has 1 fully saturated rings. The topological polar surface area (TPSA) is 79.5 Å². The van der Waals surface area contributed by atoms with Crippen molar-refractivity contribution < 1.29 is 14.3 Å². The van der Waals surface area contributed by atoms with Crippen LogP contribution >= 0.6 is 0 Å². The van der Waals surface area contributed by atoms with Crippen molar-refractivity contribution in [3.8, 4) is 11.5 Å². The third-order valence-corrected chi connectivity index (χ3v) is 5.93. The van der Waals surface area contributed by atoms with E-state index in [-0.39, 0.29) is 28.7 Å². The Balaban J connectivity index is 1.45. The monoisotopic (exact) mass is 430 g/mol. The average Bonchev–Trinajstić information content (AvgIpc) is 2.82. The second kappa shape index (κ2) is 9.22. The lowest BCUT2D eigenvalue weighted by atomic mass is 9.89. The van der Waals surface area contributed by atoms with Gasteiger partial charge < -0.3 is 14.6 Å². The molecule has 4 rings (SSSR count). The van der Waals surface area contributed by atoms with E-state index in [4.69, 9.17) is 4.74 Å². The zero-order valence-corrected chi connectivity index (χ0v) is 18.3. The number of carbonyl (C=O) groups excluding carboxylic acids is 2. The number of hydrogen-bond acceptors (Lipinski definition) is 4. The van der Waals surface area contributed by atoms with Gasteiger partial charge in [-0.15, -0.1) is 0 Å². The molecule has 1 aromatic heterocycles. The van der Waals surface area contributed by atoms with Crippen molar-refractivity contribution in [2.24, 2.45) is 5.92 Å². The number of ketones is 1. The molecule has 0 unspecified atom stereocenters. The highest BCUT2D eigenvalue weighted by Crippen LogP contribution is 2.25. The predicted molar refractivity (Wildman–Crippen MR) is 122 cm³/mol. The van der Waals surface area contributed by atoms with Gasteiger partial charge in [0.05, 0.1) is 0 Å². The molecule has 0 bridgehead atoms. The van der Waals surface area contributed by atoms with Gasteiger partial charge in [-0.25, -0.2) is 0 Å². The number of para-hydroxylation sites is 1. The molecule has 2 heterocycles. The first-order valence-electron chi connectivity index (χ1n) is 10.8. The number of likely N-dealkylation sites (tertiary alicyclic amines) is 1. The molecule has 1 saturated heterocycles. The zero-order chi connectivity index (χ0) is 22.7. The van der Waals surface area contributed by atoms with E-state index in [9.17, 15) is 14.4 Å². The first kappa shape index (κ1) is 21.6. The van der Waals surface area contributed by atoms with Crippen LogP contribution in [0.5, 0.6) is 11.5 Å². The Kier molecular flexibility index (Phi) is 6.21. The molecule has 164 valence electrons. The maximum absolute atomic E-state index is 13.1. The van der Waals surface area contributed by atoms with Crippen molar-refractivity contribution in [3.05, 3.63) is 93.4 Å². The van der Waals surface area contributed by atoms with Gasteiger partial charge in [0.1, 0.15) is 17.1 Å². The summed E-state index contributed by atoms with van der Waals surface area (Å²) >= 11 is 0. The highest BCUT2D eigenvalue weighted by atomic mass is 16.5. The number of aromatic amines is 1. The fourth-order valence-electron chi connectivity index (χ4n) is 3.98. The average molecular weight is 431 g/mol.